The van der Waals surface area contributed by atoms with Crippen LogP contribution in [0.5, 0.6) is 0 Å². The van der Waals surface area contributed by atoms with Gasteiger partial charge in [-0.25, -0.2) is 4.79 Å². The molecule has 0 radical (unpaired) electrons. The van der Waals surface area contributed by atoms with Gasteiger partial charge in [-0.2, -0.15) is 0 Å². The van der Waals surface area contributed by atoms with Gasteiger partial charge in [-0.05, 0) is 25.7 Å². The summed E-state index contributed by atoms with van der Waals surface area (Å²) in [4.78, 5) is 10.2. The Morgan fingerprint density at radius 2 is 1.67 bits per heavy atom. The Labute approximate surface area is 129 Å². The van der Waals surface area contributed by atoms with E-state index in [4.69, 9.17) is 9.84 Å². The average molecular weight is 294 g/mol. The molecule has 1 saturated heterocycles. The molecule has 120 valence electrons. The lowest BCUT2D eigenvalue weighted by molar-refractivity contribution is -0.131. The van der Waals surface area contributed by atoms with Gasteiger partial charge >= 0.3 is 5.97 Å². The summed E-state index contributed by atoms with van der Waals surface area (Å²) in [6.07, 6.45) is 20.1. The van der Waals surface area contributed by atoms with Crippen molar-refractivity contribution in [1.82, 2.24) is 0 Å². The zero-order chi connectivity index (χ0) is 15.3. The summed E-state index contributed by atoms with van der Waals surface area (Å²) < 4.78 is 5.69. The first-order valence-corrected chi connectivity index (χ1v) is 8.45. The van der Waals surface area contributed by atoms with E-state index < -0.39 is 5.97 Å². The number of unbranched alkanes of at least 4 members (excludes halogenated alkanes) is 6. The lowest BCUT2D eigenvalue weighted by Crippen LogP contribution is -1.94. The Balaban J connectivity index is 1.87. The molecule has 1 heterocycles. The SMILES string of the molecule is CCCCCCCC[C@@H]1O[C@@H]1CCC/C=C/C=C\C(=O)O. The van der Waals surface area contributed by atoms with E-state index >= 15 is 0 Å². The third kappa shape index (κ3) is 10.3. The van der Waals surface area contributed by atoms with Gasteiger partial charge in [0.15, 0.2) is 0 Å². The van der Waals surface area contributed by atoms with Crippen molar-refractivity contribution in [2.75, 3.05) is 0 Å². The van der Waals surface area contributed by atoms with E-state index in [0.29, 0.717) is 12.2 Å². The fourth-order valence-electron chi connectivity index (χ4n) is 2.56. The number of carboxylic acid groups (broad SMARTS) is 1. The normalized spacial score (nSPS) is 21.4. The molecule has 0 aromatic carbocycles. The van der Waals surface area contributed by atoms with E-state index in [1.807, 2.05) is 6.08 Å². The molecule has 0 aromatic rings. The van der Waals surface area contributed by atoms with Gasteiger partial charge in [-0.1, -0.05) is 63.7 Å². The van der Waals surface area contributed by atoms with Crippen molar-refractivity contribution in [2.24, 2.45) is 0 Å². The van der Waals surface area contributed by atoms with Gasteiger partial charge < -0.3 is 9.84 Å². The molecule has 0 unspecified atom stereocenters. The van der Waals surface area contributed by atoms with Crippen LogP contribution in [0.3, 0.4) is 0 Å². The standard InChI is InChI=1S/C18H30O3/c1-2-3-4-5-7-10-13-16-17(21-16)14-11-8-6-9-12-15-18(19)20/h6,9,12,15-17H,2-5,7-8,10-11,13-14H2,1H3,(H,19,20)/b9-6+,15-12-/t16-,17+/m0/s1. The van der Waals surface area contributed by atoms with E-state index in [1.54, 1.807) is 12.2 Å². The monoisotopic (exact) mass is 294 g/mol. The summed E-state index contributed by atoms with van der Waals surface area (Å²) in [5.41, 5.74) is 0. The van der Waals surface area contributed by atoms with E-state index in [0.717, 1.165) is 25.3 Å². The second kappa shape index (κ2) is 11.6. The number of carboxylic acids is 1. The van der Waals surface area contributed by atoms with Crippen LogP contribution in [0.15, 0.2) is 24.3 Å². The van der Waals surface area contributed by atoms with Crippen LogP contribution in [-0.2, 0) is 9.53 Å². The highest BCUT2D eigenvalue weighted by molar-refractivity contribution is 5.80. The highest BCUT2D eigenvalue weighted by Gasteiger charge is 2.36. The molecule has 3 heteroatoms. The number of ether oxygens (including phenoxy) is 1. The summed E-state index contributed by atoms with van der Waals surface area (Å²) in [5, 5.41) is 8.42. The molecule has 1 aliphatic rings. The first kappa shape index (κ1) is 18.0. The van der Waals surface area contributed by atoms with Crippen molar-refractivity contribution >= 4 is 5.97 Å². The molecule has 2 atom stereocenters. The summed E-state index contributed by atoms with van der Waals surface area (Å²) in [6, 6.07) is 0. The van der Waals surface area contributed by atoms with Gasteiger partial charge in [0.1, 0.15) is 0 Å². The average Bonchev–Trinajstić information content (AvgIpc) is 3.20. The Hall–Kier alpha value is -1.09. The third-order valence-corrected chi connectivity index (χ3v) is 3.88. The van der Waals surface area contributed by atoms with Crippen LogP contribution in [0.25, 0.3) is 0 Å². The van der Waals surface area contributed by atoms with Crippen LogP contribution < -0.4 is 0 Å². The number of rotatable bonds is 13. The Kier molecular flexibility index (Phi) is 9.88. The van der Waals surface area contributed by atoms with Crippen molar-refractivity contribution < 1.29 is 14.6 Å². The molecule has 1 aliphatic heterocycles. The summed E-state index contributed by atoms with van der Waals surface area (Å²) in [5.74, 6) is -0.899. The number of allylic oxidation sites excluding steroid dienone is 3. The first-order chi connectivity index (χ1) is 10.2. The second-order valence-corrected chi connectivity index (χ2v) is 5.83. The summed E-state index contributed by atoms with van der Waals surface area (Å²) >= 11 is 0. The maximum atomic E-state index is 10.2. The van der Waals surface area contributed by atoms with E-state index in [2.05, 4.69) is 6.92 Å². The van der Waals surface area contributed by atoms with Crippen molar-refractivity contribution in [3.63, 3.8) is 0 Å². The van der Waals surface area contributed by atoms with Gasteiger partial charge in [0.25, 0.3) is 0 Å². The van der Waals surface area contributed by atoms with Crippen LogP contribution in [-0.4, -0.2) is 23.3 Å². The van der Waals surface area contributed by atoms with Crippen molar-refractivity contribution in [2.45, 2.75) is 83.3 Å². The topological polar surface area (TPSA) is 49.8 Å². The molecule has 1 fully saturated rings. The number of aliphatic carboxylic acids is 1. The van der Waals surface area contributed by atoms with E-state index in [-0.39, 0.29) is 0 Å². The summed E-state index contributed by atoms with van der Waals surface area (Å²) in [7, 11) is 0. The molecule has 1 rings (SSSR count). The predicted molar refractivity (Wildman–Crippen MR) is 86.4 cm³/mol. The van der Waals surface area contributed by atoms with Crippen molar-refractivity contribution in [3.05, 3.63) is 24.3 Å². The van der Waals surface area contributed by atoms with Crippen LogP contribution in [0.1, 0.15) is 71.1 Å². The zero-order valence-corrected chi connectivity index (χ0v) is 13.3. The van der Waals surface area contributed by atoms with Gasteiger partial charge in [-0.3, -0.25) is 0 Å². The highest BCUT2D eigenvalue weighted by Crippen LogP contribution is 2.31. The number of epoxide rings is 1. The van der Waals surface area contributed by atoms with Gasteiger partial charge in [0.05, 0.1) is 12.2 Å². The molecule has 0 bridgehead atoms. The Bertz CT molecular complexity index is 333. The van der Waals surface area contributed by atoms with Crippen LogP contribution in [0, 0.1) is 0 Å². The smallest absolute Gasteiger partial charge is 0.328 e. The first-order valence-electron chi connectivity index (χ1n) is 8.45. The maximum absolute atomic E-state index is 10.2. The Morgan fingerprint density at radius 1 is 1.00 bits per heavy atom. The number of carbonyl (C=O) groups is 1. The predicted octanol–water partition coefficient (Wildman–Crippen LogP) is 4.87. The number of hydrogen-bond acceptors (Lipinski definition) is 2. The lowest BCUT2D eigenvalue weighted by Gasteiger charge is -1.98. The molecule has 0 aromatic heterocycles. The van der Waals surface area contributed by atoms with Gasteiger partial charge in [-0.15, -0.1) is 0 Å². The molecular weight excluding hydrogens is 264 g/mol. The molecule has 0 spiro atoms. The van der Waals surface area contributed by atoms with Crippen LogP contribution >= 0.6 is 0 Å². The number of hydrogen-bond donors (Lipinski definition) is 1. The van der Waals surface area contributed by atoms with Gasteiger partial charge in [0.2, 0.25) is 0 Å². The molecule has 1 N–H and O–H groups in total. The van der Waals surface area contributed by atoms with Crippen molar-refractivity contribution in [1.29, 1.82) is 0 Å². The largest absolute Gasteiger partial charge is 0.478 e. The minimum absolute atomic E-state index is 0.489. The van der Waals surface area contributed by atoms with Crippen LogP contribution in [0.2, 0.25) is 0 Å². The molecule has 0 aliphatic carbocycles. The van der Waals surface area contributed by atoms with E-state index in [1.165, 1.54) is 44.9 Å². The molecule has 3 nitrogen and oxygen atoms in total. The van der Waals surface area contributed by atoms with Crippen molar-refractivity contribution in [3.8, 4) is 0 Å². The lowest BCUT2D eigenvalue weighted by atomic mass is 10.1. The zero-order valence-electron chi connectivity index (χ0n) is 13.3. The minimum atomic E-state index is -0.899. The minimum Gasteiger partial charge on any atom is -0.478 e. The van der Waals surface area contributed by atoms with E-state index in [9.17, 15) is 4.79 Å². The summed E-state index contributed by atoms with van der Waals surface area (Å²) in [6.45, 7) is 2.25. The van der Waals surface area contributed by atoms with Crippen LogP contribution in [0.4, 0.5) is 0 Å². The fraction of sp³-hybridized carbons (Fsp3) is 0.722. The molecule has 0 saturated carbocycles. The molecule has 21 heavy (non-hydrogen) atoms. The highest BCUT2D eigenvalue weighted by atomic mass is 16.6. The third-order valence-electron chi connectivity index (χ3n) is 3.88. The molecule has 0 amide bonds. The maximum Gasteiger partial charge on any atom is 0.328 e. The molecular formula is C18H30O3. The van der Waals surface area contributed by atoms with Gasteiger partial charge in [0, 0.05) is 6.08 Å². The quantitative estimate of drug-likeness (QED) is 0.228. The second-order valence-electron chi connectivity index (χ2n) is 5.83. The Morgan fingerprint density at radius 3 is 2.38 bits per heavy atom. The fourth-order valence-corrected chi connectivity index (χ4v) is 2.56.